The molecule has 0 atom stereocenters. The Balaban J connectivity index is 2.15. The third-order valence-corrected chi connectivity index (χ3v) is 3.18. The fourth-order valence-electron chi connectivity index (χ4n) is 2.13. The molecule has 0 spiro atoms. The highest BCUT2D eigenvalue weighted by Gasteiger charge is 2.13. The number of aromatic nitrogens is 2. The van der Waals surface area contributed by atoms with Crippen molar-refractivity contribution in [3.8, 4) is 0 Å². The summed E-state index contributed by atoms with van der Waals surface area (Å²) in [5.41, 5.74) is 2.66. The van der Waals surface area contributed by atoms with E-state index in [1.165, 1.54) is 19.2 Å². The van der Waals surface area contributed by atoms with E-state index in [0.29, 0.717) is 12.2 Å². The number of anilines is 1. The van der Waals surface area contributed by atoms with Gasteiger partial charge in [0, 0.05) is 31.0 Å². The fourth-order valence-corrected chi connectivity index (χ4v) is 2.13. The number of nitrogens with one attached hydrogen (secondary N) is 1. The maximum Gasteiger partial charge on any atom is 0.340 e. The first-order valence-corrected chi connectivity index (χ1v) is 6.68. The molecule has 6 heteroatoms. The summed E-state index contributed by atoms with van der Waals surface area (Å²) in [6.45, 7) is 2.60. The summed E-state index contributed by atoms with van der Waals surface area (Å²) < 4.78 is 19.9. The predicted octanol–water partition coefficient (Wildman–Crippen LogP) is 2.52. The third-order valence-electron chi connectivity index (χ3n) is 3.18. The van der Waals surface area contributed by atoms with E-state index in [2.05, 4.69) is 15.2 Å². The number of methoxy groups -OCH3 is 1. The lowest BCUT2D eigenvalue weighted by Crippen LogP contribution is -2.07. The summed E-state index contributed by atoms with van der Waals surface area (Å²) >= 11 is 0. The molecular formula is C15H18FN3O2. The van der Waals surface area contributed by atoms with Crippen molar-refractivity contribution in [2.75, 3.05) is 12.4 Å². The molecule has 0 saturated carbocycles. The van der Waals surface area contributed by atoms with Crippen molar-refractivity contribution in [3.05, 3.63) is 47.0 Å². The minimum atomic E-state index is -0.688. The van der Waals surface area contributed by atoms with Gasteiger partial charge in [0.25, 0.3) is 0 Å². The first kappa shape index (κ1) is 15.0. The molecule has 0 aliphatic heterocycles. The summed E-state index contributed by atoms with van der Waals surface area (Å²) in [7, 11) is 3.10. The highest BCUT2D eigenvalue weighted by Crippen LogP contribution is 2.17. The molecule has 0 amide bonds. The molecule has 5 nitrogen and oxygen atoms in total. The molecule has 1 aromatic carbocycles. The van der Waals surface area contributed by atoms with Crippen molar-refractivity contribution in [2.45, 2.75) is 19.9 Å². The number of ether oxygens (including phenoxy) is 1. The SMILES string of the molecule is CCc1nn(C)cc1CNc1ccc(F)c(C(=O)OC)c1. The van der Waals surface area contributed by atoms with Crippen molar-refractivity contribution in [1.29, 1.82) is 0 Å². The molecule has 0 radical (unpaired) electrons. The molecule has 1 aromatic heterocycles. The van der Waals surface area contributed by atoms with Crippen molar-refractivity contribution in [1.82, 2.24) is 9.78 Å². The van der Waals surface area contributed by atoms with Crippen LogP contribution in [0.25, 0.3) is 0 Å². The summed E-state index contributed by atoms with van der Waals surface area (Å²) in [4.78, 5) is 11.5. The average molecular weight is 291 g/mol. The summed E-state index contributed by atoms with van der Waals surface area (Å²) in [5, 5.41) is 7.52. The normalized spacial score (nSPS) is 10.5. The van der Waals surface area contributed by atoms with Gasteiger partial charge in [-0.2, -0.15) is 5.10 Å². The standard InChI is InChI=1S/C15H18FN3O2/c1-4-14-10(9-19(2)18-14)8-17-11-5-6-13(16)12(7-11)15(20)21-3/h5-7,9,17H,4,8H2,1-3H3. The van der Waals surface area contributed by atoms with Gasteiger partial charge in [-0.25, -0.2) is 9.18 Å². The zero-order valence-electron chi connectivity index (χ0n) is 12.3. The topological polar surface area (TPSA) is 56.2 Å². The molecule has 2 aromatic rings. The Morgan fingerprint density at radius 2 is 2.24 bits per heavy atom. The molecule has 21 heavy (non-hydrogen) atoms. The van der Waals surface area contributed by atoms with Gasteiger partial charge in [0.1, 0.15) is 5.82 Å². The lowest BCUT2D eigenvalue weighted by molar-refractivity contribution is 0.0595. The van der Waals surface area contributed by atoms with E-state index in [-0.39, 0.29) is 5.56 Å². The number of benzene rings is 1. The van der Waals surface area contributed by atoms with Gasteiger partial charge in [-0.1, -0.05) is 6.92 Å². The molecule has 2 rings (SSSR count). The predicted molar refractivity (Wildman–Crippen MR) is 77.7 cm³/mol. The van der Waals surface area contributed by atoms with E-state index in [1.807, 2.05) is 20.2 Å². The van der Waals surface area contributed by atoms with Crippen molar-refractivity contribution in [3.63, 3.8) is 0 Å². The summed E-state index contributed by atoms with van der Waals surface area (Å²) in [5.74, 6) is -1.28. The largest absolute Gasteiger partial charge is 0.465 e. The lowest BCUT2D eigenvalue weighted by Gasteiger charge is -2.08. The number of hydrogen-bond donors (Lipinski definition) is 1. The Kier molecular flexibility index (Phi) is 4.57. The van der Waals surface area contributed by atoms with E-state index in [0.717, 1.165) is 17.7 Å². The number of hydrogen-bond acceptors (Lipinski definition) is 4. The van der Waals surface area contributed by atoms with E-state index >= 15 is 0 Å². The second-order valence-corrected chi connectivity index (χ2v) is 4.67. The maximum absolute atomic E-state index is 13.6. The lowest BCUT2D eigenvalue weighted by atomic mass is 10.1. The minimum absolute atomic E-state index is 0.0793. The minimum Gasteiger partial charge on any atom is -0.465 e. The third kappa shape index (κ3) is 3.39. The highest BCUT2D eigenvalue weighted by molar-refractivity contribution is 5.90. The molecule has 0 aliphatic rings. The number of carbonyl (C=O) groups excluding carboxylic acids is 1. The second kappa shape index (κ2) is 6.39. The number of carbonyl (C=O) groups is 1. The number of nitrogens with zero attached hydrogens (tertiary/aromatic N) is 2. The molecular weight excluding hydrogens is 273 g/mol. The average Bonchev–Trinajstić information content (AvgIpc) is 2.85. The second-order valence-electron chi connectivity index (χ2n) is 4.67. The Morgan fingerprint density at radius 1 is 1.48 bits per heavy atom. The van der Waals surface area contributed by atoms with E-state index in [1.54, 1.807) is 10.7 Å². The van der Waals surface area contributed by atoms with Crippen LogP contribution in [0.1, 0.15) is 28.5 Å². The Morgan fingerprint density at radius 3 is 2.90 bits per heavy atom. The van der Waals surface area contributed by atoms with Gasteiger partial charge in [-0.3, -0.25) is 4.68 Å². The molecule has 0 saturated heterocycles. The number of aryl methyl sites for hydroxylation is 2. The molecule has 112 valence electrons. The van der Waals surface area contributed by atoms with E-state index in [9.17, 15) is 9.18 Å². The van der Waals surface area contributed by atoms with Crippen LogP contribution in [0.15, 0.2) is 24.4 Å². The maximum atomic E-state index is 13.6. The Bertz CT molecular complexity index is 652. The summed E-state index contributed by atoms with van der Waals surface area (Å²) in [6.07, 6.45) is 2.78. The van der Waals surface area contributed by atoms with Crippen LogP contribution in [0.2, 0.25) is 0 Å². The molecule has 1 heterocycles. The van der Waals surface area contributed by atoms with Crippen LogP contribution >= 0.6 is 0 Å². The van der Waals surface area contributed by atoms with Crippen molar-refractivity contribution >= 4 is 11.7 Å². The van der Waals surface area contributed by atoms with E-state index in [4.69, 9.17) is 0 Å². The Hall–Kier alpha value is -2.37. The highest BCUT2D eigenvalue weighted by atomic mass is 19.1. The zero-order chi connectivity index (χ0) is 15.4. The molecule has 0 fully saturated rings. The van der Waals surface area contributed by atoms with Gasteiger partial charge >= 0.3 is 5.97 Å². The smallest absolute Gasteiger partial charge is 0.340 e. The zero-order valence-corrected chi connectivity index (χ0v) is 12.3. The van der Waals surface area contributed by atoms with Crippen LogP contribution in [0, 0.1) is 5.82 Å². The first-order chi connectivity index (χ1) is 10.0. The Labute approximate surface area is 122 Å². The van der Waals surface area contributed by atoms with Gasteiger partial charge in [-0.15, -0.1) is 0 Å². The number of esters is 1. The van der Waals surface area contributed by atoms with Gasteiger partial charge < -0.3 is 10.1 Å². The van der Waals surface area contributed by atoms with E-state index < -0.39 is 11.8 Å². The molecule has 1 N–H and O–H groups in total. The van der Waals surface area contributed by atoms with Crippen molar-refractivity contribution in [2.24, 2.45) is 7.05 Å². The van der Waals surface area contributed by atoms with Crippen LogP contribution in [0.5, 0.6) is 0 Å². The molecule has 0 unspecified atom stereocenters. The first-order valence-electron chi connectivity index (χ1n) is 6.68. The fraction of sp³-hybridized carbons (Fsp3) is 0.333. The van der Waals surface area contributed by atoms with Crippen LogP contribution in [-0.2, 0) is 24.8 Å². The van der Waals surface area contributed by atoms with Crippen LogP contribution in [-0.4, -0.2) is 22.9 Å². The van der Waals surface area contributed by atoms with Crippen molar-refractivity contribution < 1.29 is 13.9 Å². The van der Waals surface area contributed by atoms with Gasteiger partial charge in [0.2, 0.25) is 0 Å². The van der Waals surface area contributed by atoms with Crippen LogP contribution in [0.4, 0.5) is 10.1 Å². The van der Waals surface area contributed by atoms with Crippen LogP contribution in [0.3, 0.4) is 0 Å². The van der Waals surface area contributed by atoms with Crippen LogP contribution < -0.4 is 5.32 Å². The van der Waals surface area contributed by atoms with Gasteiger partial charge in [0.05, 0.1) is 18.4 Å². The number of rotatable bonds is 5. The quantitative estimate of drug-likeness (QED) is 0.860. The molecule has 0 aliphatic carbocycles. The van der Waals surface area contributed by atoms with Gasteiger partial charge in [0.15, 0.2) is 0 Å². The monoisotopic (exact) mass is 291 g/mol. The number of halogens is 1. The van der Waals surface area contributed by atoms with Gasteiger partial charge in [-0.05, 0) is 24.6 Å². The molecule has 0 bridgehead atoms. The summed E-state index contributed by atoms with van der Waals surface area (Å²) in [6, 6.07) is 4.28.